The standard InChI is InChI=1S/C11H17BrO2/c1-2-3-4-5-8-6-9(13)11(12)10(14)7-8/h8,13H,2-7H2,1H3. The highest BCUT2D eigenvalue weighted by Gasteiger charge is 2.25. The SMILES string of the molecule is CCCCCC1CC(=O)C(Br)=C(O)C1. The van der Waals surface area contributed by atoms with Crippen LogP contribution in [0.15, 0.2) is 10.2 Å². The third-order valence-corrected chi connectivity index (χ3v) is 3.57. The normalized spacial score (nSPS) is 23.0. The van der Waals surface area contributed by atoms with Gasteiger partial charge in [-0.15, -0.1) is 0 Å². The molecule has 0 saturated carbocycles. The Morgan fingerprint density at radius 2 is 2.14 bits per heavy atom. The molecule has 1 rings (SSSR count). The number of carbonyl (C=O) groups is 1. The number of unbranched alkanes of at least 4 members (excludes halogenated alkanes) is 2. The number of carbonyl (C=O) groups excluding carboxylic acids is 1. The zero-order chi connectivity index (χ0) is 10.6. The number of Topliss-reactive ketones (excluding diaryl/α,β-unsaturated/α-hetero) is 1. The van der Waals surface area contributed by atoms with Crippen LogP contribution in [0.2, 0.25) is 0 Å². The predicted molar refractivity (Wildman–Crippen MR) is 60.5 cm³/mol. The van der Waals surface area contributed by atoms with Crippen molar-refractivity contribution in [3.05, 3.63) is 10.2 Å². The zero-order valence-electron chi connectivity index (χ0n) is 8.55. The van der Waals surface area contributed by atoms with E-state index in [2.05, 4.69) is 22.9 Å². The topological polar surface area (TPSA) is 37.3 Å². The van der Waals surface area contributed by atoms with Gasteiger partial charge in [-0.1, -0.05) is 26.2 Å². The first-order valence-electron chi connectivity index (χ1n) is 5.26. The quantitative estimate of drug-likeness (QED) is 0.783. The van der Waals surface area contributed by atoms with E-state index >= 15 is 0 Å². The molecule has 1 unspecified atom stereocenters. The molecule has 0 radical (unpaired) electrons. The summed E-state index contributed by atoms with van der Waals surface area (Å²) in [7, 11) is 0. The molecule has 1 aliphatic rings. The fourth-order valence-electron chi connectivity index (χ4n) is 1.84. The minimum Gasteiger partial charge on any atom is -0.511 e. The van der Waals surface area contributed by atoms with Crippen LogP contribution >= 0.6 is 15.9 Å². The lowest BCUT2D eigenvalue weighted by Gasteiger charge is -2.20. The molecule has 0 aromatic heterocycles. The van der Waals surface area contributed by atoms with Gasteiger partial charge < -0.3 is 5.11 Å². The van der Waals surface area contributed by atoms with Crippen LogP contribution < -0.4 is 0 Å². The molecule has 0 saturated heterocycles. The number of hydrogen-bond donors (Lipinski definition) is 1. The summed E-state index contributed by atoms with van der Waals surface area (Å²) in [5.41, 5.74) is 0. The molecule has 0 aromatic rings. The van der Waals surface area contributed by atoms with Crippen LogP contribution in [0.1, 0.15) is 45.4 Å². The molecule has 0 amide bonds. The van der Waals surface area contributed by atoms with E-state index in [1.165, 1.54) is 19.3 Å². The Bertz CT molecular complexity index is 246. The molecule has 0 aromatic carbocycles. The fourth-order valence-corrected chi connectivity index (χ4v) is 2.16. The van der Waals surface area contributed by atoms with Crippen LogP contribution in [-0.4, -0.2) is 10.9 Å². The van der Waals surface area contributed by atoms with Crippen molar-refractivity contribution in [2.45, 2.75) is 45.4 Å². The minimum absolute atomic E-state index is 0.0512. The molecule has 1 aliphatic carbocycles. The van der Waals surface area contributed by atoms with Crippen LogP contribution in [0.25, 0.3) is 0 Å². The Labute approximate surface area is 93.5 Å². The molecular formula is C11H17BrO2. The fraction of sp³-hybridized carbons (Fsp3) is 0.727. The third-order valence-electron chi connectivity index (χ3n) is 2.67. The van der Waals surface area contributed by atoms with Gasteiger partial charge in [-0.2, -0.15) is 0 Å². The van der Waals surface area contributed by atoms with Crippen molar-refractivity contribution >= 4 is 21.7 Å². The summed E-state index contributed by atoms with van der Waals surface area (Å²) in [6.07, 6.45) is 5.90. The lowest BCUT2D eigenvalue weighted by molar-refractivity contribution is -0.116. The first-order valence-corrected chi connectivity index (χ1v) is 6.05. The summed E-state index contributed by atoms with van der Waals surface area (Å²) in [4.78, 5) is 11.4. The monoisotopic (exact) mass is 260 g/mol. The second-order valence-electron chi connectivity index (χ2n) is 3.95. The first-order chi connectivity index (χ1) is 6.65. The van der Waals surface area contributed by atoms with Gasteiger partial charge in [0, 0.05) is 12.8 Å². The van der Waals surface area contributed by atoms with Gasteiger partial charge in [0.1, 0.15) is 5.76 Å². The van der Waals surface area contributed by atoms with Crippen molar-refractivity contribution in [1.29, 1.82) is 0 Å². The van der Waals surface area contributed by atoms with Crippen molar-refractivity contribution in [2.24, 2.45) is 5.92 Å². The summed E-state index contributed by atoms with van der Waals surface area (Å²) in [6.45, 7) is 2.17. The average molecular weight is 261 g/mol. The molecular weight excluding hydrogens is 244 g/mol. The van der Waals surface area contributed by atoms with Crippen LogP contribution in [0, 0.1) is 5.92 Å². The van der Waals surface area contributed by atoms with Crippen molar-refractivity contribution < 1.29 is 9.90 Å². The van der Waals surface area contributed by atoms with Crippen LogP contribution in [0.4, 0.5) is 0 Å². The number of rotatable bonds is 4. The summed E-state index contributed by atoms with van der Waals surface area (Å²) in [5, 5.41) is 9.49. The number of aliphatic hydroxyl groups is 1. The zero-order valence-corrected chi connectivity index (χ0v) is 10.1. The van der Waals surface area contributed by atoms with Crippen molar-refractivity contribution in [1.82, 2.24) is 0 Å². The lowest BCUT2D eigenvalue weighted by Crippen LogP contribution is -2.16. The maximum absolute atomic E-state index is 11.4. The molecule has 1 atom stereocenters. The molecule has 0 heterocycles. The number of ketones is 1. The Balaban J connectivity index is 2.41. The van der Waals surface area contributed by atoms with Gasteiger partial charge >= 0.3 is 0 Å². The Morgan fingerprint density at radius 1 is 1.43 bits per heavy atom. The molecule has 0 bridgehead atoms. The number of allylic oxidation sites excluding steroid dienone is 2. The second kappa shape index (κ2) is 5.54. The number of hydrogen-bond acceptors (Lipinski definition) is 2. The number of halogens is 1. The first kappa shape index (κ1) is 11.8. The van der Waals surface area contributed by atoms with E-state index < -0.39 is 0 Å². The van der Waals surface area contributed by atoms with Crippen LogP contribution in [0.5, 0.6) is 0 Å². The summed E-state index contributed by atoms with van der Waals surface area (Å²) in [6, 6.07) is 0. The van der Waals surface area contributed by atoms with Gasteiger partial charge in [-0.3, -0.25) is 4.79 Å². The average Bonchev–Trinajstić information content (AvgIpc) is 2.14. The summed E-state index contributed by atoms with van der Waals surface area (Å²) >= 11 is 3.11. The Kier molecular flexibility index (Phi) is 4.66. The predicted octanol–water partition coefficient (Wildman–Crippen LogP) is 3.71. The molecule has 1 N–H and O–H groups in total. The molecule has 3 heteroatoms. The molecule has 0 fully saturated rings. The van der Waals surface area contributed by atoms with Crippen molar-refractivity contribution in [3.63, 3.8) is 0 Å². The molecule has 80 valence electrons. The highest BCUT2D eigenvalue weighted by atomic mass is 79.9. The van der Waals surface area contributed by atoms with E-state index in [4.69, 9.17) is 0 Å². The van der Waals surface area contributed by atoms with E-state index in [1.807, 2.05) is 0 Å². The highest BCUT2D eigenvalue weighted by molar-refractivity contribution is 9.12. The molecule has 2 nitrogen and oxygen atoms in total. The maximum Gasteiger partial charge on any atom is 0.173 e. The van der Waals surface area contributed by atoms with E-state index in [0.29, 0.717) is 23.2 Å². The summed E-state index contributed by atoms with van der Waals surface area (Å²) < 4.78 is 0.393. The Hall–Kier alpha value is -0.310. The van der Waals surface area contributed by atoms with Gasteiger partial charge in [0.15, 0.2) is 5.78 Å². The van der Waals surface area contributed by atoms with Gasteiger partial charge in [0.05, 0.1) is 4.48 Å². The van der Waals surface area contributed by atoms with E-state index in [0.717, 1.165) is 6.42 Å². The van der Waals surface area contributed by atoms with Crippen LogP contribution in [0.3, 0.4) is 0 Å². The smallest absolute Gasteiger partial charge is 0.173 e. The van der Waals surface area contributed by atoms with Gasteiger partial charge in [-0.05, 0) is 28.3 Å². The van der Waals surface area contributed by atoms with Crippen molar-refractivity contribution in [2.75, 3.05) is 0 Å². The van der Waals surface area contributed by atoms with Gasteiger partial charge in [-0.25, -0.2) is 0 Å². The third kappa shape index (κ3) is 3.12. The van der Waals surface area contributed by atoms with E-state index in [9.17, 15) is 9.90 Å². The van der Waals surface area contributed by atoms with E-state index in [1.54, 1.807) is 0 Å². The van der Waals surface area contributed by atoms with Gasteiger partial charge in [0.25, 0.3) is 0 Å². The lowest BCUT2D eigenvalue weighted by atomic mass is 9.88. The Morgan fingerprint density at radius 3 is 2.71 bits per heavy atom. The van der Waals surface area contributed by atoms with Crippen LogP contribution in [-0.2, 0) is 4.79 Å². The molecule has 0 aliphatic heterocycles. The second-order valence-corrected chi connectivity index (χ2v) is 4.75. The summed E-state index contributed by atoms with van der Waals surface area (Å²) in [5.74, 6) is 0.647. The van der Waals surface area contributed by atoms with Crippen molar-refractivity contribution in [3.8, 4) is 0 Å². The minimum atomic E-state index is 0.0512. The molecule has 14 heavy (non-hydrogen) atoms. The molecule has 0 spiro atoms. The van der Waals surface area contributed by atoms with Gasteiger partial charge in [0.2, 0.25) is 0 Å². The maximum atomic E-state index is 11.4. The number of aliphatic hydroxyl groups excluding tert-OH is 1. The largest absolute Gasteiger partial charge is 0.511 e. The highest BCUT2D eigenvalue weighted by Crippen LogP contribution is 2.31. The van der Waals surface area contributed by atoms with E-state index in [-0.39, 0.29) is 11.5 Å².